The Morgan fingerprint density at radius 2 is 1.94 bits per heavy atom. The van der Waals surface area contributed by atoms with Crippen molar-refractivity contribution in [1.29, 1.82) is 0 Å². The third-order valence-corrected chi connectivity index (χ3v) is 2.60. The molecule has 3 aromatic rings. The zero-order valence-electron chi connectivity index (χ0n) is 8.94. The van der Waals surface area contributed by atoms with Crippen LogP contribution in [0.5, 0.6) is 0 Å². The predicted molar refractivity (Wildman–Crippen MR) is 64.1 cm³/mol. The van der Waals surface area contributed by atoms with Crippen molar-refractivity contribution in [3.05, 3.63) is 48.4 Å². The minimum Gasteiger partial charge on any atom is -0.341 e. The molecule has 3 heteroatoms. The van der Waals surface area contributed by atoms with Gasteiger partial charge < -0.3 is 4.98 Å². The summed E-state index contributed by atoms with van der Waals surface area (Å²) in [4.78, 5) is 11.9. The maximum absolute atomic E-state index is 4.40. The molecular formula is C13H11N3. The van der Waals surface area contributed by atoms with E-state index in [1.165, 1.54) is 5.39 Å². The molecular weight excluding hydrogens is 198 g/mol. The molecule has 0 amide bonds. The number of aryl methyl sites for hydroxylation is 1. The fourth-order valence-electron chi connectivity index (χ4n) is 1.84. The van der Waals surface area contributed by atoms with Crippen LogP contribution in [0.3, 0.4) is 0 Å². The standard InChI is InChI=1S/C13H11N3/c1-9-8-15-13(16-9)12-11-5-3-2-4-10(11)6-7-14-12/h2-8H,1H3,(H,15,16). The van der Waals surface area contributed by atoms with E-state index in [0.717, 1.165) is 22.6 Å². The second-order valence-corrected chi connectivity index (χ2v) is 3.80. The Morgan fingerprint density at radius 3 is 2.75 bits per heavy atom. The first kappa shape index (κ1) is 9.09. The van der Waals surface area contributed by atoms with Gasteiger partial charge in [0.25, 0.3) is 0 Å². The maximum Gasteiger partial charge on any atom is 0.156 e. The van der Waals surface area contributed by atoms with Crippen molar-refractivity contribution in [2.75, 3.05) is 0 Å². The number of hydrogen-bond donors (Lipinski definition) is 1. The smallest absolute Gasteiger partial charge is 0.156 e. The Balaban J connectivity index is 2.31. The molecule has 0 spiro atoms. The number of fused-ring (bicyclic) bond motifs is 1. The van der Waals surface area contributed by atoms with Crippen LogP contribution >= 0.6 is 0 Å². The normalized spacial score (nSPS) is 10.8. The van der Waals surface area contributed by atoms with Gasteiger partial charge in [-0.3, -0.25) is 4.98 Å². The van der Waals surface area contributed by atoms with Crippen LogP contribution in [0.2, 0.25) is 0 Å². The van der Waals surface area contributed by atoms with Crippen molar-refractivity contribution in [2.24, 2.45) is 0 Å². The number of rotatable bonds is 1. The van der Waals surface area contributed by atoms with Crippen LogP contribution in [0, 0.1) is 6.92 Å². The molecule has 1 N–H and O–H groups in total. The second-order valence-electron chi connectivity index (χ2n) is 3.80. The highest BCUT2D eigenvalue weighted by Crippen LogP contribution is 2.23. The fraction of sp³-hybridized carbons (Fsp3) is 0.0769. The molecule has 0 bridgehead atoms. The topological polar surface area (TPSA) is 41.6 Å². The molecule has 3 nitrogen and oxygen atoms in total. The van der Waals surface area contributed by atoms with Crippen molar-refractivity contribution in [3.63, 3.8) is 0 Å². The molecule has 2 heterocycles. The molecule has 0 atom stereocenters. The van der Waals surface area contributed by atoms with Crippen LogP contribution < -0.4 is 0 Å². The number of benzene rings is 1. The summed E-state index contributed by atoms with van der Waals surface area (Å²) < 4.78 is 0. The molecule has 16 heavy (non-hydrogen) atoms. The molecule has 3 rings (SSSR count). The number of imidazole rings is 1. The SMILES string of the molecule is Cc1cnc(-c2nccc3ccccc23)[nH]1. The highest BCUT2D eigenvalue weighted by atomic mass is 14.9. The Labute approximate surface area is 93.2 Å². The minimum absolute atomic E-state index is 0.828. The zero-order chi connectivity index (χ0) is 11.0. The predicted octanol–water partition coefficient (Wildman–Crippen LogP) is 2.93. The molecule has 2 aromatic heterocycles. The van der Waals surface area contributed by atoms with E-state index < -0.39 is 0 Å². The quantitative estimate of drug-likeness (QED) is 0.669. The summed E-state index contributed by atoms with van der Waals surface area (Å²) in [6, 6.07) is 10.2. The van der Waals surface area contributed by atoms with Crippen LogP contribution in [-0.4, -0.2) is 15.0 Å². The van der Waals surface area contributed by atoms with Gasteiger partial charge in [0, 0.05) is 23.5 Å². The van der Waals surface area contributed by atoms with Gasteiger partial charge in [0.2, 0.25) is 0 Å². The zero-order valence-corrected chi connectivity index (χ0v) is 8.94. The van der Waals surface area contributed by atoms with Gasteiger partial charge in [0.1, 0.15) is 5.69 Å². The lowest BCUT2D eigenvalue weighted by molar-refractivity contribution is 1.22. The Hall–Kier alpha value is -2.16. The van der Waals surface area contributed by atoms with Crippen molar-refractivity contribution in [2.45, 2.75) is 6.92 Å². The number of nitrogens with one attached hydrogen (secondary N) is 1. The molecule has 0 aliphatic rings. The lowest BCUT2D eigenvalue weighted by Crippen LogP contribution is -1.87. The fourth-order valence-corrected chi connectivity index (χ4v) is 1.84. The molecule has 1 aromatic carbocycles. The highest BCUT2D eigenvalue weighted by Gasteiger charge is 2.07. The number of nitrogens with zero attached hydrogens (tertiary/aromatic N) is 2. The molecule has 0 saturated heterocycles. The number of hydrogen-bond acceptors (Lipinski definition) is 2. The summed E-state index contributed by atoms with van der Waals surface area (Å²) in [6.45, 7) is 1.99. The van der Waals surface area contributed by atoms with E-state index in [-0.39, 0.29) is 0 Å². The summed E-state index contributed by atoms with van der Waals surface area (Å²) in [5.41, 5.74) is 1.95. The van der Waals surface area contributed by atoms with Crippen LogP contribution in [0.4, 0.5) is 0 Å². The third kappa shape index (κ3) is 1.37. The summed E-state index contributed by atoms with van der Waals surface area (Å²) in [5.74, 6) is 0.828. The van der Waals surface area contributed by atoms with Gasteiger partial charge >= 0.3 is 0 Å². The van der Waals surface area contributed by atoms with Gasteiger partial charge in [-0.2, -0.15) is 0 Å². The van der Waals surface area contributed by atoms with E-state index in [0.29, 0.717) is 0 Å². The van der Waals surface area contributed by atoms with Crippen LogP contribution in [0.25, 0.3) is 22.3 Å². The molecule has 0 aliphatic carbocycles. The molecule has 0 unspecified atom stereocenters. The first-order chi connectivity index (χ1) is 7.84. The Kier molecular flexibility index (Phi) is 1.96. The Bertz CT molecular complexity index is 635. The molecule has 78 valence electrons. The monoisotopic (exact) mass is 209 g/mol. The van der Waals surface area contributed by atoms with Crippen molar-refractivity contribution >= 4 is 10.8 Å². The van der Waals surface area contributed by atoms with E-state index in [4.69, 9.17) is 0 Å². The van der Waals surface area contributed by atoms with E-state index in [9.17, 15) is 0 Å². The molecule has 0 fully saturated rings. The lowest BCUT2D eigenvalue weighted by atomic mass is 10.1. The number of pyridine rings is 1. The Morgan fingerprint density at radius 1 is 1.06 bits per heavy atom. The second kappa shape index (κ2) is 3.45. The van der Waals surface area contributed by atoms with Gasteiger partial charge in [-0.15, -0.1) is 0 Å². The number of aromatic nitrogens is 3. The van der Waals surface area contributed by atoms with E-state index >= 15 is 0 Å². The van der Waals surface area contributed by atoms with Crippen molar-refractivity contribution < 1.29 is 0 Å². The van der Waals surface area contributed by atoms with Crippen LogP contribution in [-0.2, 0) is 0 Å². The summed E-state index contributed by atoms with van der Waals surface area (Å²) >= 11 is 0. The van der Waals surface area contributed by atoms with E-state index in [2.05, 4.69) is 27.1 Å². The van der Waals surface area contributed by atoms with Gasteiger partial charge in [0.15, 0.2) is 5.82 Å². The summed E-state index contributed by atoms with van der Waals surface area (Å²) in [7, 11) is 0. The van der Waals surface area contributed by atoms with Gasteiger partial charge in [-0.05, 0) is 18.4 Å². The summed E-state index contributed by atoms with van der Waals surface area (Å²) in [6.07, 6.45) is 3.63. The molecule has 0 saturated carbocycles. The maximum atomic E-state index is 4.40. The minimum atomic E-state index is 0.828. The summed E-state index contributed by atoms with van der Waals surface area (Å²) in [5, 5.41) is 2.31. The van der Waals surface area contributed by atoms with E-state index in [1.54, 1.807) is 0 Å². The van der Waals surface area contributed by atoms with Gasteiger partial charge in [-0.25, -0.2) is 4.98 Å². The molecule has 0 radical (unpaired) electrons. The molecule has 0 aliphatic heterocycles. The number of H-pyrrole nitrogens is 1. The van der Waals surface area contributed by atoms with Crippen molar-refractivity contribution in [3.8, 4) is 11.5 Å². The average Bonchev–Trinajstić information content (AvgIpc) is 2.75. The van der Waals surface area contributed by atoms with Gasteiger partial charge in [0.05, 0.1) is 0 Å². The van der Waals surface area contributed by atoms with Gasteiger partial charge in [-0.1, -0.05) is 24.3 Å². The van der Waals surface area contributed by atoms with Crippen LogP contribution in [0.15, 0.2) is 42.7 Å². The van der Waals surface area contributed by atoms with Crippen molar-refractivity contribution in [1.82, 2.24) is 15.0 Å². The highest BCUT2D eigenvalue weighted by molar-refractivity contribution is 5.92. The third-order valence-electron chi connectivity index (χ3n) is 2.60. The largest absolute Gasteiger partial charge is 0.341 e. The van der Waals surface area contributed by atoms with Crippen LogP contribution in [0.1, 0.15) is 5.69 Å². The number of aromatic amines is 1. The first-order valence-corrected chi connectivity index (χ1v) is 5.20. The first-order valence-electron chi connectivity index (χ1n) is 5.20. The average molecular weight is 209 g/mol. The lowest BCUT2D eigenvalue weighted by Gasteiger charge is -2.02. The van der Waals surface area contributed by atoms with E-state index in [1.807, 2.05) is 37.5 Å².